The molecule has 2 rings (SSSR count). The second-order valence-corrected chi connectivity index (χ2v) is 5.64. The van der Waals surface area contributed by atoms with Crippen LogP contribution >= 0.6 is 0 Å². The summed E-state index contributed by atoms with van der Waals surface area (Å²) in [6.07, 6.45) is 3.33. The number of halogens is 1. The molecule has 1 saturated carbocycles. The molecule has 1 aliphatic rings. The lowest BCUT2D eigenvalue weighted by atomic mass is 9.80. The maximum absolute atomic E-state index is 13.5. The van der Waals surface area contributed by atoms with Crippen LogP contribution in [0.15, 0.2) is 18.2 Å². The summed E-state index contributed by atoms with van der Waals surface area (Å²) in [7, 11) is 0. The molecule has 3 heteroatoms. The van der Waals surface area contributed by atoms with Crippen LogP contribution in [0.2, 0.25) is 0 Å². The number of hydrogen-bond donors (Lipinski definition) is 1. The van der Waals surface area contributed by atoms with Gasteiger partial charge in [0.1, 0.15) is 18.2 Å². The van der Waals surface area contributed by atoms with Crippen molar-refractivity contribution in [3.8, 4) is 17.6 Å². The molecule has 1 N–H and O–H groups in total. The molecule has 0 aliphatic heterocycles. The Kier molecular flexibility index (Phi) is 5.03. The van der Waals surface area contributed by atoms with E-state index in [0.717, 1.165) is 25.2 Å². The molecule has 0 radical (unpaired) electrons. The van der Waals surface area contributed by atoms with Crippen molar-refractivity contribution >= 4 is 0 Å². The first kappa shape index (κ1) is 14.9. The summed E-state index contributed by atoms with van der Waals surface area (Å²) in [6, 6.07) is 4.47. The first-order valence-electron chi connectivity index (χ1n) is 7.15. The van der Waals surface area contributed by atoms with Crippen molar-refractivity contribution in [2.45, 2.75) is 39.2 Å². The minimum absolute atomic E-state index is 0.154. The number of benzene rings is 1. The van der Waals surface area contributed by atoms with Gasteiger partial charge in [-0.1, -0.05) is 25.7 Å². The molecule has 3 atom stereocenters. The van der Waals surface area contributed by atoms with Crippen molar-refractivity contribution in [3.05, 3.63) is 29.6 Å². The molecular formula is C17H21FO2. The minimum atomic E-state index is -0.359. The predicted molar refractivity (Wildman–Crippen MR) is 77.0 cm³/mol. The Bertz CT molecular complexity index is 515. The van der Waals surface area contributed by atoms with Crippen molar-refractivity contribution in [1.29, 1.82) is 0 Å². The van der Waals surface area contributed by atoms with Gasteiger partial charge in [-0.05, 0) is 43.2 Å². The molecule has 2 nitrogen and oxygen atoms in total. The van der Waals surface area contributed by atoms with E-state index in [2.05, 4.69) is 25.7 Å². The molecule has 0 saturated heterocycles. The van der Waals surface area contributed by atoms with Gasteiger partial charge in [0.2, 0.25) is 0 Å². The van der Waals surface area contributed by atoms with Crippen molar-refractivity contribution in [2.24, 2.45) is 11.8 Å². The van der Waals surface area contributed by atoms with Gasteiger partial charge in [-0.25, -0.2) is 4.39 Å². The van der Waals surface area contributed by atoms with Gasteiger partial charge >= 0.3 is 0 Å². The van der Waals surface area contributed by atoms with Crippen LogP contribution in [0, 0.1) is 29.5 Å². The second kappa shape index (κ2) is 6.76. The molecule has 1 aliphatic carbocycles. The van der Waals surface area contributed by atoms with E-state index in [4.69, 9.17) is 9.84 Å². The van der Waals surface area contributed by atoms with E-state index in [0.29, 0.717) is 17.2 Å². The molecule has 20 heavy (non-hydrogen) atoms. The third-order valence-corrected chi connectivity index (χ3v) is 4.04. The lowest BCUT2D eigenvalue weighted by molar-refractivity contribution is 0.100. The lowest BCUT2D eigenvalue weighted by Crippen LogP contribution is -2.28. The summed E-state index contributed by atoms with van der Waals surface area (Å²) in [5.41, 5.74) is 0.534. The highest BCUT2D eigenvalue weighted by Gasteiger charge is 2.25. The van der Waals surface area contributed by atoms with E-state index in [1.54, 1.807) is 6.07 Å². The highest BCUT2D eigenvalue weighted by molar-refractivity contribution is 5.40. The van der Waals surface area contributed by atoms with E-state index in [-0.39, 0.29) is 18.5 Å². The Morgan fingerprint density at radius 2 is 2.05 bits per heavy atom. The lowest BCUT2D eigenvalue weighted by Gasteiger charge is -2.32. The molecule has 3 unspecified atom stereocenters. The van der Waals surface area contributed by atoms with Gasteiger partial charge in [0.05, 0.1) is 6.10 Å². The van der Waals surface area contributed by atoms with Crippen LogP contribution in [0.1, 0.15) is 38.7 Å². The average Bonchev–Trinajstić information content (AvgIpc) is 2.40. The van der Waals surface area contributed by atoms with Gasteiger partial charge in [-0.3, -0.25) is 0 Å². The van der Waals surface area contributed by atoms with E-state index < -0.39 is 0 Å². The third-order valence-electron chi connectivity index (χ3n) is 4.04. The number of ether oxygens (including phenoxy) is 1. The normalized spacial score (nSPS) is 25.7. The molecule has 1 aromatic carbocycles. The molecule has 0 aromatic heterocycles. The quantitative estimate of drug-likeness (QED) is 0.839. The smallest absolute Gasteiger partial charge is 0.128 e. The fourth-order valence-corrected chi connectivity index (χ4v) is 2.64. The molecule has 108 valence electrons. The Balaban J connectivity index is 2.07. The summed E-state index contributed by atoms with van der Waals surface area (Å²) in [4.78, 5) is 0. The molecule has 1 aromatic rings. The van der Waals surface area contributed by atoms with Gasteiger partial charge in [0, 0.05) is 11.6 Å². The first-order valence-corrected chi connectivity index (χ1v) is 7.15. The van der Waals surface area contributed by atoms with Gasteiger partial charge in [0.25, 0.3) is 0 Å². The Hall–Kier alpha value is -1.53. The zero-order valence-electron chi connectivity index (χ0n) is 12.0. The van der Waals surface area contributed by atoms with Crippen LogP contribution < -0.4 is 4.74 Å². The fraction of sp³-hybridized carbons (Fsp3) is 0.529. The van der Waals surface area contributed by atoms with Crippen molar-refractivity contribution < 1.29 is 14.2 Å². The zero-order chi connectivity index (χ0) is 14.5. The van der Waals surface area contributed by atoms with Crippen molar-refractivity contribution in [1.82, 2.24) is 0 Å². The average molecular weight is 276 g/mol. The van der Waals surface area contributed by atoms with E-state index in [9.17, 15) is 4.39 Å². The van der Waals surface area contributed by atoms with Crippen LogP contribution in [-0.4, -0.2) is 17.8 Å². The SMILES string of the molecule is CC1CCC(Oc2cc(F)cc(C#CCO)c2)CC1C. The number of aliphatic hydroxyl groups excluding tert-OH is 1. The highest BCUT2D eigenvalue weighted by Crippen LogP contribution is 2.32. The highest BCUT2D eigenvalue weighted by atomic mass is 19.1. The maximum atomic E-state index is 13.5. The number of aliphatic hydroxyl groups is 1. The summed E-state index contributed by atoms with van der Waals surface area (Å²) >= 11 is 0. The van der Waals surface area contributed by atoms with Gasteiger partial charge in [-0.2, -0.15) is 0 Å². The zero-order valence-corrected chi connectivity index (χ0v) is 12.0. The monoisotopic (exact) mass is 276 g/mol. The first-order chi connectivity index (χ1) is 9.58. The molecule has 0 heterocycles. The standard InChI is InChI=1S/C17H21FO2/c1-12-5-6-16(8-13(12)2)20-17-10-14(4-3-7-19)9-15(18)11-17/h9-13,16,19H,5-8H2,1-2H3. The van der Waals surface area contributed by atoms with Crippen molar-refractivity contribution in [2.75, 3.05) is 6.61 Å². The molecule has 0 bridgehead atoms. The summed E-state index contributed by atoms with van der Waals surface area (Å²) in [5.74, 6) is 6.76. The largest absolute Gasteiger partial charge is 0.490 e. The van der Waals surface area contributed by atoms with Crippen LogP contribution in [0.25, 0.3) is 0 Å². The van der Waals surface area contributed by atoms with Gasteiger partial charge < -0.3 is 9.84 Å². The molecule has 0 spiro atoms. The Labute approximate surface area is 120 Å². The van der Waals surface area contributed by atoms with Gasteiger partial charge in [-0.15, -0.1) is 0 Å². The van der Waals surface area contributed by atoms with Crippen LogP contribution in [0.3, 0.4) is 0 Å². The number of rotatable bonds is 2. The summed E-state index contributed by atoms with van der Waals surface area (Å²) in [6.45, 7) is 4.28. The van der Waals surface area contributed by atoms with Gasteiger partial charge in [0.15, 0.2) is 0 Å². The topological polar surface area (TPSA) is 29.5 Å². The van der Waals surface area contributed by atoms with E-state index in [1.165, 1.54) is 12.1 Å². The van der Waals surface area contributed by atoms with Crippen LogP contribution in [0.4, 0.5) is 4.39 Å². The second-order valence-electron chi connectivity index (χ2n) is 5.64. The molecule has 1 fully saturated rings. The maximum Gasteiger partial charge on any atom is 0.128 e. The van der Waals surface area contributed by atoms with E-state index in [1.807, 2.05) is 0 Å². The molecule has 0 amide bonds. The number of hydrogen-bond acceptors (Lipinski definition) is 2. The van der Waals surface area contributed by atoms with Crippen LogP contribution in [-0.2, 0) is 0 Å². The predicted octanol–water partition coefficient (Wildman–Crippen LogP) is 3.37. The Morgan fingerprint density at radius 3 is 2.75 bits per heavy atom. The van der Waals surface area contributed by atoms with Crippen LogP contribution in [0.5, 0.6) is 5.75 Å². The summed E-state index contributed by atoms with van der Waals surface area (Å²) < 4.78 is 19.4. The van der Waals surface area contributed by atoms with Crippen molar-refractivity contribution in [3.63, 3.8) is 0 Å². The fourth-order valence-electron chi connectivity index (χ4n) is 2.64. The Morgan fingerprint density at radius 1 is 1.25 bits per heavy atom. The van der Waals surface area contributed by atoms with E-state index >= 15 is 0 Å². The molecular weight excluding hydrogens is 255 g/mol. The minimum Gasteiger partial charge on any atom is -0.490 e. The summed E-state index contributed by atoms with van der Waals surface area (Å²) in [5, 5.41) is 8.68. The third kappa shape index (κ3) is 3.98.